The second-order valence-corrected chi connectivity index (χ2v) is 5.45. The van der Waals surface area contributed by atoms with Crippen LogP contribution in [0.15, 0.2) is 48.5 Å². The molecule has 3 unspecified atom stereocenters. The molecule has 3 nitrogen and oxygen atoms in total. The zero-order valence-electron chi connectivity index (χ0n) is 11.9. The summed E-state index contributed by atoms with van der Waals surface area (Å²) in [5, 5.41) is 0. The quantitative estimate of drug-likeness (QED) is 0.655. The molecule has 1 aliphatic carbocycles. The number of nitrogens with two attached hydrogens (primary N) is 1. The third-order valence-corrected chi connectivity index (χ3v) is 4.22. The van der Waals surface area contributed by atoms with E-state index in [-0.39, 0.29) is 11.9 Å². The monoisotopic (exact) mass is 286 g/mol. The zero-order chi connectivity index (χ0) is 14.8. The number of hydrazine groups is 1. The third-order valence-electron chi connectivity index (χ3n) is 4.22. The lowest BCUT2D eigenvalue weighted by molar-refractivity contribution is 0.407. The fourth-order valence-corrected chi connectivity index (χ4v) is 3.00. The molecule has 0 bridgehead atoms. The summed E-state index contributed by atoms with van der Waals surface area (Å²) in [6, 6.07) is 15.0. The van der Waals surface area contributed by atoms with E-state index in [2.05, 4.69) is 17.6 Å². The number of hydrogen-bond acceptors (Lipinski definition) is 3. The molecular weight excluding hydrogens is 267 g/mol. The van der Waals surface area contributed by atoms with Crippen LogP contribution in [0, 0.1) is 11.7 Å². The van der Waals surface area contributed by atoms with Gasteiger partial charge in [-0.3, -0.25) is 11.3 Å². The molecule has 21 heavy (non-hydrogen) atoms. The molecule has 2 aromatic rings. The van der Waals surface area contributed by atoms with Crippen LogP contribution in [0.5, 0.6) is 5.75 Å². The molecule has 3 atom stereocenters. The first-order chi connectivity index (χ1) is 10.2. The van der Waals surface area contributed by atoms with Gasteiger partial charge in [-0.15, -0.1) is 0 Å². The lowest BCUT2D eigenvalue weighted by atomic mass is 9.98. The number of nitrogens with one attached hydrogen (secondary N) is 1. The number of benzene rings is 2. The van der Waals surface area contributed by atoms with Crippen molar-refractivity contribution < 1.29 is 9.13 Å². The highest BCUT2D eigenvalue weighted by Gasteiger charge is 2.44. The highest BCUT2D eigenvalue weighted by Crippen LogP contribution is 2.54. The Labute approximate surface area is 123 Å². The van der Waals surface area contributed by atoms with Gasteiger partial charge in [0.1, 0.15) is 11.6 Å². The van der Waals surface area contributed by atoms with Crippen molar-refractivity contribution in [3.05, 3.63) is 65.5 Å². The van der Waals surface area contributed by atoms with Crippen molar-refractivity contribution in [2.75, 3.05) is 7.11 Å². The maximum Gasteiger partial charge on any atom is 0.131 e. The van der Waals surface area contributed by atoms with Crippen molar-refractivity contribution in [1.29, 1.82) is 0 Å². The Hall–Kier alpha value is -1.91. The van der Waals surface area contributed by atoms with Crippen LogP contribution in [0.2, 0.25) is 0 Å². The highest BCUT2D eigenvalue weighted by molar-refractivity contribution is 5.34. The molecule has 0 aromatic heterocycles. The van der Waals surface area contributed by atoms with Crippen molar-refractivity contribution in [3.8, 4) is 5.75 Å². The van der Waals surface area contributed by atoms with Gasteiger partial charge in [0.25, 0.3) is 0 Å². The fraction of sp³-hybridized carbons (Fsp3) is 0.294. The lowest BCUT2D eigenvalue weighted by Crippen LogP contribution is -2.30. The Kier molecular flexibility index (Phi) is 3.90. The standard InChI is InChI=1S/C17H19FN2O/c1-21-12-7-8-13(16(18)9-12)17(20-19)15-10-14(15)11-5-3-2-4-6-11/h2-9,14-15,17,20H,10,19H2,1H3. The Morgan fingerprint density at radius 1 is 1.24 bits per heavy atom. The van der Waals surface area contributed by atoms with Gasteiger partial charge in [-0.1, -0.05) is 36.4 Å². The van der Waals surface area contributed by atoms with E-state index in [9.17, 15) is 4.39 Å². The highest BCUT2D eigenvalue weighted by atomic mass is 19.1. The van der Waals surface area contributed by atoms with Crippen LogP contribution >= 0.6 is 0 Å². The summed E-state index contributed by atoms with van der Waals surface area (Å²) in [6.45, 7) is 0. The molecule has 0 heterocycles. The molecule has 110 valence electrons. The fourth-order valence-electron chi connectivity index (χ4n) is 3.00. The summed E-state index contributed by atoms with van der Waals surface area (Å²) in [6.07, 6.45) is 1.02. The normalized spacial score (nSPS) is 21.9. The van der Waals surface area contributed by atoms with E-state index in [1.165, 1.54) is 18.7 Å². The molecule has 1 fully saturated rings. The molecule has 4 heteroatoms. The van der Waals surface area contributed by atoms with E-state index in [0.717, 1.165) is 6.42 Å². The molecule has 0 saturated heterocycles. The third kappa shape index (κ3) is 2.77. The first kappa shape index (κ1) is 14.0. The Morgan fingerprint density at radius 3 is 2.62 bits per heavy atom. The molecule has 0 aliphatic heterocycles. The molecule has 1 aliphatic rings. The van der Waals surface area contributed by atoms with Gasteiger partial charge in [0.15, 0.2) is 0 Å². The minimum atomic E-state index is -0.281. The summed E-state index contributed by atoms with van der Waals surface area (Å²) in [7, 11) is 1.53. The molecule has 0 amide bonds. The molecule has 0 radical (unpaired) electrons. The van der Waals surface area contributed by atoms with Gasteiger partial charge in [0.2, 0.25) is 0 Å². The Morgan fingerprint density at radius 2 is 2.00 bits per heavy atom. The van der Waals surface area contributed by atoms with Crippen molar-refractivity contribution in [1.82, 2.24) is 5.43 Å². The number of ether oxygens (including phenoxy) is 1. The molecular formula is C17H19FN2O. The summed E-state index contributed by atoms with van der Waals surface area (Å²) in [5.41, 5.74) is 4.66. The number of halogens is 1. The minimum Gasteiger partial charge on any atom is -0.497 e. The predicted molar refractivity (Wildman–Crippen MR) is 80.3 cm³/mol. The van der Waals surface area contributed by atoms with Gasteiger partial charge in [-0.2, -0.15) is 0 Å². The first-order valence-electron chi connectivity index (χ1n) is 7.09. The Bertz CT molecular complexity index is 617. The van der Waals surface area contributed by atoms with Crippen LogP contribution < -0.4 is 16.0 Å². The van der Waals surface area contributed by atoms with Gasteiger partial charge in [0.05, 0.1) is 13.2 Å². The van der Waals surface area contributed by atoms with E-state index in [1.807, 2.05) is 18.2 Å². The smallest absolute Gasteiger partial charge is 0.131 e. The molecule has 0 spiro atoms. The van der Waals surface area contributed by atoms with Gasteiger partial charge >= 0.3 is 0 Å². The van der Waals surface area contributed by atoms with E-state index >= 15 is 0 Å². The average molecular weight is 286 g/mol. The van der Waals surface area contributed by atoms with Crippen LogP contribution in [0.3, 0.4) is 0 Å². The van der Waals surface area contributed by atoms with E-state index in [1.54, 1.807) is 12.1 Å². The van der Waals surface area contributed by atoms with Crippen molar-refractivity contribution in [2.24, 2.45) is 11.8 Å². The van der Waals surface area contributed by atoms with Crippen LogP contribution in [0.4, 0.5) is 4.39 Å². The van der Waals surface area contributed by atoms with E-state index < -0.39 is 0 Å². The van der Waals surface area contributed by atoms with Gasteiger partial charge in [-0.05, 0) is 29.9 Å². The zero-order valence-corrected chi connectivity index (χ0v) is 11.9. The van der Waals surface area contributed by atoms with Crippen LogP contribution in [0.25, 0.3) is 0 Å². The molecule has 3 rings (SSSR count). The van der Waals surface area contributed by atoms with E-state index in [4.69, 9.17) is 10.6 Å². The minimum absolute atomic E-state index is 0.180. The topological polar surface area (TPSA) is 47.3 Å². The first-order valence-corrected chi connectivity index (χ1v) is 7.09. The number of rotatable bonds is 5. The summed E-state index contributed by atoms with van der Waals surface area (Å²) < 4.78 is 19.3. The lowest BCUT2D eigenvalue weighted by Gasteiger charge is -2.18. The van der Waals surface area contributed by atoms with Crippen LogP contribution in [-0.4, -0.2) is 7.11 Å². The number of methoxy groups -OCH3 is 1. The second-order valence-electron chi connectivity index (χ2n) is 5.45. The van der Waals surface area contributed by atoms with Crippen LogP contribution in [-0.2, 0) is 0 Å². The van der Waals surface area contributed by atoms with Crippen molar-refractivity contribution >= 4 is 0 Å². The van der Waals surface area contributed by atoms with Gasteiger partial charge in [0, 0.05) is 11.6 Å². The number of hydrogen-bond donors (Lipinski definition) is 2. The summed E-state index contributed by atoms with van der Waals surface area (Å²) in [5.74, 6) is 6.67. The van der Waals surface area contributed by atoms with Gasteiger partial charge in [-0.25, -0.2) is 4.39 Å². The van der Waals surface area contributed by atoms with Gasteiger partial charge < -0.3 is 4.74 Å². The maximum atomic E-state index is 14.2. The SMILES string of the molecule is COc1ccc(C(NN)C2CC2c2ccccc2)c(F)c1. The molecule has 2 aromatic carbocycles. The molecule has 3 N–H and O–H groups in total. The summed E-state index contributed by atoms with van der Waals surface area (Å²) >= 11 is 0. The maximum absolute atomic E-state index is 14.2. The van der Waals surface area contributed by atoms with Crippen molar-refractivity contribution in [3.63, 3.8) is 0 Å². The largest absolute Gasteiger partial charge is 0.497 e. The van der Waals surface area contributed by atoms with Crippen molar-refractivity contribution in [2.45, 2.75) is 18.4 Å². The predicted octanol–water partition coefficient (Wildman–Crippen LogP) is 3.14. The summed E-state index contributed by atoms with van der Waals surface area (Å²) in [4.78, 5) is 0. The van der Waals surface area contributed by atoms with Crippen LogP contribution in [0.1, 0.15) is 29.5 Å². The molecule has 1 saturated carbocycles. The Balaban J connectivity index is 1.81. The average Bonchev–Trinajstić information content (AvgIpc) is 3.31. The second kappa shape index (κ2) is 5.84. The van der Waals surface area contributed by atoms with E-state index in [0.29, 0.717) is 23.1 Å².